The van der Waals surface area contributed by atoms with Crippen LogP contribution in [0.1, 0.15) is 43.6 Å². The van der Waals surface area contributed by atoms with E-state index in [1.165, 1.54) is 6.07 Å². The van der Waals surface area contributed by atoms with Gasteiger partial charge in [0.1, 0.15) is 11.4 Å². The second-order valence-corrected chi connectivity index (χ2v) is 6.97. The zero-order chi connectivity index (χ0) is 20.2. The Morgan fingerprint density at radius 3 is 2.15 bits per heavy atom. The molecule has 0 aromatic heterocycles. The second kappa shape index (κ2) is 8.16. The van der Waals surface area contributed by atoms with Gasteiger partial charge in [-0.25, -0.2) is 14.0 Å². The van der Waals surface area contributed by atoms with Gasteiger partial charge in [0.2, 0.25) is 0 Å². The highest BCUT2D eigenvalue weighted by Crippen LogP contribution is 2.27. The number of carbonyl (C=O) groups excluding carboxylic acids is 2. The SMILES string of the molecule is C=C(C(=O)OC(C)(C)C)c1ccc(-c2ccc(C(=O)OCC)cc2)c(F)c1. The monoisotopic (exact) mass is 370 g/mol. The molecule has 27 heavy (non-hydrogen) atoms. The van der Waals surface area contributed by atoms with E-state index in [-0.39, 0.29) is 12.2 Å². The molecule has 0 saturated heterocycles. The summed E-state index contributed by atoms with van der Waals surface area (Å²) in [5, 5.41) is 0. The van der Waals surface area contributed by atoms with Crippen molar-refractivity contribution in [3.8, 4) is 11.1 Å². The van der Waals surface area contributed by atoms with Gasteiger partial charge in [0.05, 0.1) is 17.7 Å². The van der Waals surface area contributed by atoms with Crippen LogP contribution in [0.3, 0.4) is 0 Å². The maximum Gasteiger partial charge on any atom is 0.338 e. The van der Waals surface area contributed by atoms with Crippen molar-refractivity contribution >= 4 is 17.5 Å². The van der Waals surface area contributed by atoms with Crippen molar-refractivity contribution in [3.05, 3.63) is 66.0 Å². The van der Waals surface area contributed by atoms with Crippen LogP contribution >= 0.6 is 0 Å². The van der Waals surface area contributed by atoms with Gasteiger partial charge in [-0.15, -0.1) is 0 Å². The normalized spacial score (nSPS) is 11.0. The van der Waals surface area contributed by atoms with Gasteiger partial charge < -0.3 is 9.47 Å². The van der Waals surface area contributed by atoms with Crippen molar-refractivity contribution in [1.82, 2.24) is 0 Å². The molecule has 142 valence electrons. The lowest BCUT2D eigenvalue weighted by Gasteiger charge is -2.20. The molecule has 0 spiro atoms. The zero-order valence-electron chi connectivity index (χ0n) is 16.0. The highest BCUT2D eigenvalue weighted by atomic mass is 19.1. The summed E-state index contributed by atoms with van der Waals surface area (Å²) in [5.41, 5.74) is 1.15. The fourth-order valence-electron chi connectivity index (χ4n) is 2.39. The quantitative estimate of drug-likeness (QED) is 0.547. The minimum atomic E-state index is -0.654. The third kappa shape index (κ3) is 5.26. The van der Waals surface area contributed by atoms with E-state index in [0.717, 1.165) is 0 Å². The Morgan fingerprint density at radius 1 is 1.04 bits per heavy atom. The summed E-state index contributed by atoms with van der Waals surface area (Å²) < 4.78 is 24.8. The van der Waals surface area contributed by atoms with Crippen LogP contribution in [0.15, 0.2) is 49.0 Å². The predicted octanol–water partition coefficient (Wildman–Crippen LogP) is 5.02. The van der Waals surface area contributed by atoms with Crippen LogP contribution < -0.4 is 0 Å². The standard InChI is InChI=1S/C22H23FO4/c1-6-26-21(25)16-9-7-15(8-10-16)18-12-11-17(13-19(18)23)14(2)20(24)27-22(3,4)5/h7-13H,2,6H2,1,3-5H3. The molecule has 0 radical (unpaired) electrons. The van der Waals surface area contributed by atoms with E-state index in [1.54, 1.807) is 64.1 Å². The maximum atomic E-state index is 14.6. The molecule has 0 atom stereocenters. The molecule has 0 N–H and O–H groups in total. The third-order valence-electron chi connectivity index (χ3n) is 3.67. The lowest BCUT2D eigenvalue weighted by atomic mass is 9.99. The molecule has 0 heterocycles. The molecule has 2 aromatic rings. The topological polar surface area (TPSA) is 52.6 Å². The first-order chi connectivity index (χ1) is 12.6. The lowest BCUT2D eigenvalue weighted by molar-refractivity contribution is -0.147. The van der Waals surface area contributed by atoms with Gasteiger partial charge >= 0.3 is 11.9 Å². The Hall–Kier alpha value is -2.95. The molecule has 0 saturated carbocycles. The number of carbonyl (C=O) groups is 2. The van der Waals surface area contributed by atoms with Gasteiger partial charge in [-0.2, -0.15) is 0 Å². The average Bonchev–Trinajstić information content (AvgIpc) is 2.60. The fourth-order valence-corrected chi connectivity index (χ4v) is 2.39. The van der Waals surface area contributed by atoms with Crippen molar-refractivity contribution < 1.29 is 23.5 Å². The molecule has 0 aliphatic rings. The van der Waals surface area contributed by atoms with Gasteiger partial charge in [-0.05, 0) is 57.0 Å². The summed E-state index contributed by atoms with van der Waals surface area (Å²) >= 11 is 0. The number of esters is 2. The summed E-state index contributed by atoms with van der Waals surface area (Å²) in [4.78, 5) is 23.8. The summed E-state index contributed by atoms with van der Waals surface area (Å²) in [6.45, 7) is 11.0. The van der Waals surface area contributed by atoms with E-state index >= 15 is 0 Å². The van der Waals surface area contributed by atoms with Crippen LogP contribution in [0.5, 0.6) is 0 Å². The molecule has 0 bridgehead atoms. The molecule has 0 aliphatic carbocycles. The number of hydrogen-bond donors (Lipinski definition) is 0. The Labute approximate surface area is 158 Å². The zero-order valence-corrected chi connectivity index (χ0v) is 16.0. The number of rotatable bonds is 5. The molecular formula is C22H23FO4. The van der Waals surface area contributed by atoms with Crippen molar-refractivity contribution in [1.29, 1.82) is 0 Å². The van der Waals surface area contributed by atoms with Crippen LogP contribution in [0.2, 0.25) is 0 Å². The average molecular weight is 370 g/mol. The van der Waals surface area contributed by atoms with E-state index in [2.05, 4.69) is 6.58 Å². The van der Waals surface area contributed by atoms with Crippen molar-refractivity contribution in [3.63, 3.8) is 0 Å². The Kier molecular flexibility index (Phi) is 6.16. The number of halogens is 1. The van der Waals surface area contributed by atoms with E-state index in [0.29, 0.717) is 22.3 Å². The molecular weight excluding hydrogens is 347 g/mol. The number of ether oxygens (including phenoxy) is 2. The third-order valence-corrected chi connectivity index (χ3v) is 3.67. The van der Waals surface area contributed by atoms with Gasteiger partial charge in [0.25, 0.3) is 0 Å². The Morgan fingerprint density at radius 2 is 1.63 bits per heavy atom. The summed E-state index contributed by atoms with van der Waals surface area (Å²) in [6.07, 6.45) is 0. The molecule has 4 nitrogen and oxygen atoms in total. The van der Waals surface area contributed by atoms with Crippen molar-refractivity contribution in [2.24, 2.45) is 0 Å². The highest BCUT2D eigenvalue weighted by Gasteiger charge is 2.20. The maximum absolute atomic E-state index is 14.6. The van der Waals surface area contributed by atoms with Gasteiger partial charge in [-0.1, -0.05) is 30.8 Å². The minimum absolute atomic E-state index is 0.0908. The second-order valence-electron chi connectivity index (χ2n) is 6.97. The minimum Gasteiger partial charge on any atom is -0.462 e. The highest BCUT2D eigenvalue weighted by molar-refractivity contribution is 6.15. The molecule has 2 aromatic carbocycles. The number of hydrogen-bond acceptors (Lipinski definition) is 4. The van der Waals surface area contributed by atoms with E-state index in [9.17, 15) is 14.0 Å². The molecule has 5 heteroatoms. The van der Waals surface area contributed by atoms with Crippen LogP contribution in [-0.2, 0) is 14.3 Å². The first kappa shape index (κ1) is 20.4. The fraction of sp³-hybridized carbons (Fsp3) is 0.273. The Balaban J connectivity index is 2.23. The number of benzene rings is 2. The van der Waals surface area contributed by atoms with E-state index < -0.39 is 23.4 Å². The molecule has 0 fully saturated rings. The van der Waals surface area contributed by atoms with Crippen molar-refractivity contribution in [2.75, 3.05) is 6.61 Å². The van der Waals surface area contributed by atoms with Crippen molar-refractivity contribution in [2.45, 2.75) is 33.3 Å². The largest absolute Gasteiger partial charge is 0.462 e. The molecule has 0 aliphatic heterocycles. The van der Waals surface area contributed by atoms with Gasteiger partial charge in [0, 0.05) is 5.56 Å². The van der Waals surface area contributed by atoms with Crippen LogP contribution in [0.4, 0.5) is 4.39 Å². The molecule has 0 unspecified atom stereocenters. The lowest BCUT2D eigenvalue weighted by Crippen LogP contribution is -2.24. The first-order valence-corrected chi connectivity index (χ1v) is 8.62. The van der Waals surface area contributed by atoms with Gasteiger partial charge in [-0.3, -0.25) is 0 Å². The summed E-state index contributed by atoms with van der Waals surface area (Å²) in [7, 11) is 0. The van der Waals surface area contributed by atoms with E-state index in [1.807, 2.05) is 0 Å². The summed E-state index contributed by atoms with van der Waals surface area (Å²) in [5.74, 6) is -1.51. The predicted molar refractivity (Wildman–Crippen MR) is 103 cm³/mol. The summed E-state index contributed by atoms with van der Waals surface area (Å²) in [6, 6.07) is 10.9. The Bertz CT molecular complexity index is 861. The van der Waals surface area contributed by atoms with Gasteiger partial charge in [0.15, 0.2) is 0 Å². The smallest absolute Gasteiger partial charge is 0.338 e. The van der Waals surface area contributed by atoms with Crippen LogP contribution in [0.25, 0.3) is 16.7 Å². The molecule has 0 amide bonds. The molecule has 2 rings (SSSR count). The first-order valence-electron chi connectivity index (χ1n) is 8.62. The van der Waals surface area contributed by atoms with Crippen LogP contribution in [0, 0.1) is 5.82 Å². The van der Waals surface area contributed by atoms with E-state index in [4.69, 9.17) is 9.47 Å². The van der Waals surface area contributed by atoms with Crippen LogP contribution in [-0.4, -0.2) is 24.1 Å².